The van der Waals surface area contributed by atoms with Crippen molar-refractivity contribution in [3.63, 3.8) is 0 Å². The molecule has 2 fully saturated rings. The normalized spacial score (nSPS) is 25.0. The van der Waals surface area contributed by atoms with E-state index in [1.807, 2.05) is 6.07 Å². The van der Waals surface area contributed by atoms with Gasteiger partial charge in [0.1, 0.15) is 6.04 Å². The number of hydrogen-bond donors (Lipinski definition) is 1. The van der Waals surface area contributed by atoms with Crippen LogP contribution in [-0.2, 0) is 4.79 Å². The zero-order valence-electron chi connectivity index (χ0n) is 12.4. The highest BCUT2D eigenvalue weighted by molar-refractivity contribution is 5.73. The van der Waals surface area contributed by atoms with Gasteiger partial charge < -0.3 is 10.0 Å². The van der Waals surface area contributed by atoms with Crippen LogP contribution in [0.5, 0.6) is 0 Å². The van der Waals surface area contributed by atoms with Gasteiger partial charge in [0.05, 0.1) is 0 Å². The SMILES string of the molecule is O=C(O)C1CCCCN1C1CCN(c2ccccc2)CC1. The molecule has 1 unspecified atom stereocenters. The molecule has 2 saturated heterocycles. The van der Waals surface area contributed by atoms with Gasteiger partial charge in [-0.1, -0.05) is 24.6 Å². The standard InChI is InChI=1S/C17H24N2O2/c20-17(21)16-8-4-5-11-19(16)15-9-12-18(13-10-15)14-6-2-1-3-7-14/h1-3,6-7,15-16H,4-5,8-13H2,(H,20,21). The van der Waals surface area contributed by atoms with Gasteiger partial charge in [0.2, 0.25) is 0 Å². The minimum Gasteiger partial charge on any atom is -0.480 e. The molecule has 4 nitrogen and oxygen atoms in total. The number of anilines is 1. The molecule has 0 aliphatic carbocycles. The molecule has 114 valence electrons. The molecule has 1 atom stereocenters. The first kappa shape index (κ1) is 14.4. The Bertz CT molecular complexity index is 469. The Balaban J connectivity index is 1.61. The average Bonchev–Trinajstić information content (AvgIpc) is 2.56. The van der Waals surface area contributed by atoms with E-state index in [0.717, 1.165) is 51.7 Å². The van der Waals surface area contributed by atoms with Crippen molar-refractivity contribution in [3.8, 4) is 0 Å². The maximum atomic E-state index is 11.4. The van der Waals surface area contributed by atoms with Crippen LogP contribution in [-0.4, -0.2) is 47.7 Å². The first-order valence-corrected chi connectivity index (χ1v) is 8.04. The largest absolute Gasteiger partial charge is 0.480 e. The molecule has 4 heteroatoms. The van der Waals surface area contributed by atoms with E-state index in [-0.39, 0.29) is 6.04 Å². The minimum absolute atomic E-state index is 0.257. The number of nitrogens with zero attached hydrogens (tertiary/aromatic N) is 2. The molecule has 0 radical (unpaired) electrons. The zero-order valence-corrected chi connectivity index (χ0v) is 12.4. The predicted octanol–water partition coefficient (Wildman–Crippen LogP) is 2.59. The van der Waals surface area contributed by atoms with Crippen molar-refractivity contribution in [2.75, 3.05) is 24.5 Å². The Kier molecular flexibility index (Phi) is 4.44. The van der Waals surface area contributed by atoms with Gasteiger partial charge in [-0.3, -0.25) is 9.69 Å². The summed E-state index contributed by atoms with van der Waals surface area (Å²) in [5.41, 5.74) is 1.28. The summed E-state index contributed by atoms with van der Waals surface area (Å²) in [5.74, 6) is -0.639. The number of para-hydroxylation sites is 1. The molecule has 21 heavy (non-hydrogen) atoms. The lowest BCUT2D eigenvalue weighted by atomic mass is 9.95. The van der Waals surface area contributed by atoms with Crippen LogP contribution in [0.4, 0.5) is 5.69 Å². The second-order valence-corrected chi connectivity index (χ2v) is 6.14. The second kappa shape index (κ2) is 6.48. The Hall–Kier alpha value is -1.55. The summed E-state index contributed by atoms with van der Waals surface area (Å²) < 4.78 is 0. The number of carboxylic acids is 1. The van der Waals surface area contributed by atoms with Gasteiger partial charge in [-0.05, 0) is 44.4 Å². The molecular weight excluding hydrogens is 264 g/mol. The van der Waals surface area contributed by atoms with E-state index >= 15 is 0 Å². The third kappa shape index (κ3) is 3.21. The Morgan fingerprint density at radius 3 is 2.38 bits per heavy atom. The average molecular weight is 288 g/mol. The molecule has 0 bridgehead atoms. The van der Waals surface area contributed by atoms with Gasteiger partial charge >= 0.3 is 5.97 Å². The van der Waals surface area contributed by atoms with Crippen molar-refractivity contribution >= 4 is 11.7 Å². The lowest BCUT2D eigenvalue weighted by Crippen LogP contribution is -2.53. The van der Waals surface area contributed by atoms with Crippen LogP contribution in [0.15, 0.2) is 30.3 Å². The second-order valence-electron chi connectivity index (χ2n) is 6.14. The summed E-state index contributed by atoms with van der Waals surface area (Å²) in [6.07, 6.45) is 5.14. The third-order valence-corrected chi connectivity index (χ3v) is 4.88. The van der Waals surface area contributed by atoms with Crippen molar-refractivity contribution in [2.45, 2.75) is 44.2 Å². The van der Waals surface area contributed by atoms with E-state index in [2.05, 4.69) is 34.1 Å². The molecule has 1 N–H and O–H groups in total. The summed E-state index contributed by atoms with van der Waals surface area (Å²) in [4.78, 5) is 16.1. The van der Waals surface area contributed by atoms with E-state index in [4.69, 9.17) is 0 Å². The maximum Gasteiger partial charge on any atom is 0.320 e. The quantitative estimate of drug-likeness (QED) is 0.928. The first-order chi connectivity index (χ1) is 10.3. The van der Waals surface area contributed by atoms with Crippen LogP contribution < -0.4 is 4.90 Å². The van der Waals surface area contributed by atoms with E-state index in [1.165, 1.54) is 5.69 Å². The summed E-state index contributed by atoms with van der Waals surface area (Å²) in [5, 5.41) is 9.42. The fourth-order valence-electron chi connectivity index (χ4n) is 3.75. The number of likely N-dealkylation sites (tertiary alicyclic amines) is 1. The maximum absolute atomic E-state index is 11.4. The monoisotopic (exact) mass is 288 g/mol. The molecule has 0 aromatic heterocycles. The van der Waals surface area contributed by atoms with E-state index in [1.54, 1.807) is 0 Å². The molecule has 0 amide bonds. The van der Waals surface area contributed by atoms with Gasteiger partial charge in [-0.2, -0.15) is 0 Å². The molecule has 1 aromatic rings. The summed E-state index contributed by atoms with van der Waals surface area (Å²) in [6, 6.07) is 10.7. The number of benzene rings is 1. The fourth-order valence-corrected chi connectivity index (χ4v) is 3.75. The number of hydrogen-bond acceptors (Lipinski definition) is 3. The van der Waals surface area contributed by atoms with Gasteiger partial charge in [-0.25, -0.2) is 0 Å². The number of carboxylic acid groups (broad SMARTS) is 1. The van der Waals surface area contributed by atoms with Crippen LogP contribution in [0.3, 0.4) is 0 Å². The molecule has 2 aliphatic heterocycles. The number of piperidine rings is 2. The third-order valence-electron chi connectivity index (χ3n) is 4.88. The lowest BCUT2D eigenvalue weighted by molar-refractivity contribution is -0.146. The molecule has 1 aromatic carbocycles. The van der Waals surface area contributed by atoms with Crippen LogP contribution in [0.25, 0.3) is 0 Å². The number of rotatable bonds is 3. The van der Waals surface area contributed by atoms with Crippen LogP contribution in [0, 0.1) is 0 Å². The molecule has 2 heterocycles. The van der Waals surface area contributed by atoms with Crippen molar-refractivity contribution in [1.29, 1.82) is 0 Å². The van der Waals surface area contributed by atoms with Crippen molar-refractivity contribution in [3.05, 3.63) is 30.3 Å². The van der Waals surface area contributed by atoms with Crippen molar-refractivity contribution in [2.24, 2.45) is 0 Å². The highest BCUT2D eigenvalue weighted by atomic mass is 16.4. The van der Waals surface area contributed by atoms with E-state index in [0.29, 0.717) is 6.04 Å². The highest BCUT2D eigenvalue weighted by Crippen LogP contribution is 2.27. The number of aliphatic carboxylic acids is 1. The van der Waals surface area contributed by atoms with Crippen molar-refractivity contribution in [1.82, 2.24) is 4.90 Å². The van der Waals surface area contributed by atoms with Crippen LogP contribution in [0.1, 0.15) is 32.1 Å². The minimum atomic E-state index is -0.639. The van der Waals surface area contributed by atoms with Crippen LogP contribution >= 0.6 is 0 Å². The zero-order chi connectivity index (χ0) is 14.7. The summed E-state index contributed by atoms with van der Waals surface area (Å²) in [7, 11) is 0. The topological polar surface area (TPSA) is 43.8 Å². The first-order valence-electron chi connectivity index (χ1n) is 8.04. The fraction of sp³-hybridized carbons (Fsp3) is 0.588. The molecule has 2 aliphatic rings. The van der Waals surface area contributed by atoms with E-state index < -0.39 is 5.97 Å². The lowest BCUT2D eigenvalue weighted by Gasteiger charge is -2.43. The molecule has 0 saturated carbocycles. The van der Waals surface area contributed by atoms with Gasteiger partial charge in [0.25, 0.3) is 0 Å². The van der Waals surface area contributed by atoms with E-state index in [9.17, 15) is 9.90 Å². The molecular formula is C17H24N2O2. The van der Waals surface area contributed by atoms with Gasteiger partial charge in [0, 0.05) is 24.8 Å². The number of carbonyl (C=O) groups is 1. The molecule has 0 spiro atoms. The van der Waals surface area contributed by atoms with Crippen molar-refractivity contribution < 1.29 is 9.90 Å². The van der Waals surface area contributed by atoms with Gasteiger partial charge in [0.15, 0.2) is 0 Å². The highest BCUT2D eigenvalue weighted by Gasteiger charge is 2.34. The molecule has 3 rings (SSSR count). The predicted molar refractivity (Wildman–Crippen MR) is 83.7 cm³/mol. The summed E-state index contributed by atoms with van der Waals surface area (Å²) in [6.45, 7) is 3.00. The smallest absolute Gasteiger partial charge is 0.320 e. The van der Waals surface area contributed by atoms with Gasteiger partial charge in [-0.15, -0.1) is 0 Å². The summed E-state index contributed by atoms with van der Waals surface area (Å²) >= 11 is 0. The van der Waals surface area contributed by atoms with Crippen LogP contribution in [0.2, 0.25) is 0 Å². The Morgan fingerprint density at radius 2 is 1.71 bits per heavy atom. The Labute approximate surface area is 126 Å². The Morgan fingerprint density at radius 1 is 1.00 bits per heavy atom.